The molecule has 20 heavy (non-hydrogen) atoms. The van der Waals surface area contributed by atoms with E-state index in [1.807, 2.05) is 6.92 Å². The summed E-state index contributed by atoms with van der Waals surface area (Å²) < 4.78 is 5.21. The van der Waals surface area contributed by atoms with Crippen LogP contribution in [0.15, 0.2) is 11.1 Å². The third-order valence-corrected chi connectivity index (χ3v) is 5.26. The lowest BCUT2D eigenvalue weighted by molar-refractivity contribution is -0.156. The Morgan fingerprint density at radius 2 is 2.15 bits per heavy atom. The lowest BCUT2D eigenvalue weighted by Crippen LogP contribution is -2.51. The van der Waals surface area contributed by atoms with E-state index >= 15 is 0 Å². The van der Waals surface area contributed by atoms with Crippen LogP contribution in [0.1, 0.15) is 46.5 Å². The fourth-order valence-corrected chi connectivity index (χ4v) is 3.94. The van der Waals surface area contributed by atoms with Crippen molar-refractivity contribution in [3.8, 4) is 0 Å². The van der Waals surface area contributed by atoms with E-state index in [1.165, 1.54) is 5.57 Å². The number of rotatable bonds is 2. The Hall–Kier alpha value is -1.32. The van der Waals surface area contributed by atoms with E-state index < -0.39 is 5.54 Å². The van der Waals surface area contributed by atoms with E-state index in [2.05, 4.69) is 13.8 Å². The first-order valence-electron chi connectivity index (χ1n) is 7.51. The number of nitrogens with zero attached hydrogens (tertiary/aromatic N) is 1. The van der Waals surface area contributed by atoms with Crippen LogP contribution in [0.3, 0.4) is 0 Å². The van der Waals surface area contributed by atoms with Crippen molar-refractivity contribution < 1.29 is 14.3 Å². The van der Waals surface area contributed by atoms with Gasteiger partial charge in [0.15, 0.2) is 0 Å². The lowest BCUT2D eigenvalue weighted by atomic mass is 9.71. The van der Waals surface area contributed by atoms with Crippen molar-refractivity contribution in [2.24, 2.45) is 11.3 Å². The van der Waals surface area contributed by atoms with Gasteiger partial charge in [0.1, 0.15) is 5.54 Å². The summed E-state index contributed by atoms with van der Waals surface area (Å²) in [4.78, 5) is 26.6. The highest BCUT2D eigenvalue weighted by molar-refractivity contribution is 6.03. The van der Waals surface area contributed by atoms with Gasteiger partial charge in [0.05, 0.1) is 6.61 Å². The topological polar surface area (TPSA) is 46.6 Å². The Labute approximate surface area is 120 Å². The highest BCUT2D eigenvalue weighted by Crippen LogP contribution is 2.60. The number of hydrogen-bond donors (Lipinski definition) is 0. The van der Waals surface area contributed by atoms with Gasteiger partial charge < -0.3 is 9.64 Å². The summed E-state index contributed by atoms with van der Waals surface area (Å²) in [5, 5.41) is 0. The largest absolute Gasteiger partial charge is 0.464 e. The van der Waals surface area contributed by atoms with Gasteiger partial charge in [-0.2, -0.15) is 0 Å². The van der Waals surface area contributed by atoms with E-state index in [4.69, 9.17) is 4.74 Å². The second kappa shape index (κ2) is 4.09. The van der Waals surface area contributed by atoms with E-state index in [-0.39, 0.29) is 23.2 Å². The maximum Gasteiger partial charge on any atom is 0.332 e. The molecule has 0 N–H and O–H groups in total. The number of esters is 1. The van der Waals surface area contributed by atoms with Gasteiger partial charge in [0.25, 0.3) is 0 Å². The summed E-state index contributed by atoms with van der Waals surface area (Å²) in [7, 11) is 1.75. The van der Waals surface area contributed by atoms with Gasteiger partial charge in [-0.1, -0.05) is 19.4 Å². The van der Waals surface area contributed by atoms with Crippen LogP contribution < -0.4 is 0 Å². The van der Waals surface area contributed by atoms with Crippen LogP contribution in [0.5, 0.6) is 0 Å². The zero-order chi connectivity index (χ0) is 14.7. The summed E-state index contributed by atoms with van der Waals surface area (Å²) in [5.74, 6) is 0.0159. The molecule has 0 bridgehead atoms. The van der Waals surface area contributed by atoms with Gasteiger partial charge in [-0.15, -0.1) is 0 Å². The standard InChI is InChI=1S/C16H23NO3/c1-5-20-14(19)16-9-12(16)10-6-7-15(2,3)8-11(10)13(18)17(16)4/h12H,5-9H2,1-4H3. The molecule has 1 fully saturated rings. The summed E-state index contributed by atoms with van der Waals surface area (Å²) in [5.41, 5.74) is 1.70. The molecule has 1 heterocycles. The van der Waals surface area contributed by atoms with Gasteiger partial charge in [0.2, 0.25) is 5.91 Å². The van der Waals surface area contributed by atoms with Crippen LogP contribution >= 0.6 is 0 Å². The maximum atomic E-state index is 12.7. The highest BCUT2D eigenvalue weighted by atomic mass is 16.5. The number of likely N-dealkylation sites (N-methyl/N-ethyl adjacent to an activating group) is 1. The SMILES string of the molecule is CCOC(=O)C12CC1C1=C(CC(C)(C)CC1)C(=O)N2C. The molecular formula is C16H23NO3. The van der Waals surface area contributed by atoms with Crippen LogP contribution in [0.2, 0.25) is 0 Å². The average molecular weight is 277 g/mol. The minimum absolute atomic E-state index is 0.0366. The fraction of sp³-hybridized carbons (Fsp3) is 0.750. The first kappa shape index (κ1) is 13.7. The Kier molecular flexibility index (Phi) is 2.79. The second-order valence-electron chi connectivity index (χ2n) is 7.11. The Balaban J connectivity index is 1.97. The van der Waals surface area contributed by atoms with Crippen LogP contribution in [0.4, 0.5) is 0 Å². The third kappa shape index (κ3) is 1.66. The number of fused-ring (bicyclic) bond motifs is 2. The second-order valence-corrected chi connectivity index (χ2v) is 7.11. The summed E-state index contributed by atoms with van der Waals surface area (Å²) in [6, 6.07) is 0. The molecule has 1 saturated carbocycles. The molecule has 3 rings (SSSR count). The number of hydrogen-bond acceptors (Lipinski definition) is 3. The summed E-state index contributed by atoms with van der Waals surface area (Å²) >= 11 is 0. The van der Waals surface area contributed by atoms with Gasteiger partial charge in [0, 0.05) is 18.5 Å². The molecule has 4 nitrogen and oxygen atoms in total. The van der Waals surface area contributed by atoms with Crippen molar-refractivity contribution in [2.45, 2.75) is 52.0 Å². The molecule has 2 aliphatic carbocycles. The van der Waals surface area contributed by atoms with Crippen molar-refractivity contribution >= 4 is 11.9 Å². The van der Waals surface area contributed by atoms with Crippen molar-refractivity contribution in [3.63, 3.8) is 0 Å². The highest BCUT2D eigenvalue weighted by Gasteiger charge is 2.69. The summed E-state index contributed by atoms with van der Waals surface area (Å²) in [6.07, 6.45) is 3.63. The molecule has 0 spiro atoms. The monoisotopic (exact) mass is 277 g/mol. The zero-order valence-electron chi connectivity index (χ0n) is 12.8. The molecule has 2 unspecified atom stereocenters. The first-order chi connectivity index (χ1) is 9.33. The molecule has 1 amide bonds. The average Bonchev–Trinajstić information content (AvgIpc) is 3.12. The summed E-state index contributed by atoms with van der Waals surface area (Å²) in [6.45, 7) is 6.60. The molecular weight excluding hydrogens is 254 g/mol. The van der Waals surface area contributed by atoms with Gasteiger partial charge in [-0.3, -0.25) is 4.79 Å². The molecule has 1 aliphatic heterocycles. The Morgan fingerprint density at radius 3 is 2.80 bits per heavy atom. The molecule has 0 aromatic heterocycles. The van der Waals surface area contributed by atoms with E-state index in [1.54, 1.807) is 11.9 Å². The van der Waals surface area contributed by atoms with Crippen molar-refractivity contribution in [3.05, 3.63) is 11.1 Å². The van der Waals surface area contributed by atoms with E-state index in [9.17, 15) is 9.59 Å². The normalized spacial score (nSPS) is 34.5. The predicted molar refractivity (Wildman–Crippen MR) is 74.9 cm³/mol. The molecule has 3 aliphatic rings. The van der Waals surface area contributed by atoms with Crippen molar-refractivity contribution in [2.75, 3.05) is 13.7 Å². The van der Waals surface area contributed by atoms with Gasteiger partial charge in [-0.25, -0.2) is 4.79 Å². The zero-order valence-corrected chi connectivity index (χ0v) is 12.8. The van der Waals surface area contributed by atoms with Gasteiger partial charge in [-0.05, 0) is 38.0 Å². The van der Waals surface area contributed by atoms with Crippen LogP contribution in [0.25, 0.3) is 0 Å². The maximum absolute atomic E-state index is 12.7. The number of amides is 1. The molecule has 0 radical (unpaired) electrons. The van der Waals surface area contributed by atoms with E-state index in [0.717, 1.165) is 31.3 Å². The quantitative estimate of drug-likeness (QED) is 0.728. The van der Waals surface area contributed by atoms with Crippen molar-refractivity contribution in [1.82, 2.24) is 4.90 Å². The third-order valence-electron chi connectivity index (χ3n) is 5.26. The predicted octanol–water partition coefficient (Wildman–Crippen LogP) is 2.29. The van der Waals surface area contributed by atoms with Gasteiger partial charge >= 0.3 is 5.97 Å². The fourth-order valence-electron chi connectivity index (χ4n) is 3.94. The Bertz CT molecular complexity index is 520. The molecule has 0 aromatic rings. The van der Waals surface area contributed by atoms with Crippen LogP contribution in [-0.2, 0) is 14.3 Å². The lowest BCUT2D eigenvalue weighted by Gasteiger charge is -2.40. The minimum Gasteiger partial charge on any atom is -0.464 e. The van der Waals surface area contributed by atoms with Crippen molar-refractivity contribution in [1.29, 1.82) is 0 Å². The number of carbonyl (C=O) groups is 2. The number of ether oxygens (including phenoxy) is 1. The van der Waals surface area contributed by atoms with E-state index in [0.29, 0.717) is 6.61 Å². The molecule has 0 aromatic carbocycles. The molecule has 4 heteroatoms. The van der Waals surface area contributed by atoms with Crippen LogP contribution in [0, 0.1) is 11.3 Å². The first-order valence-corrected chi connectivity index (χ1v) is 7.51. The minimum atomic E-state index is -0.687. The molecule has 0 saturated heterocycles. The number of carbonyl (C=O) groups excluding carboxylic acids is 2. The van der Waals surface area contributed by atoms with Crippen LogP contribution in [-0.4, -0.2) is 36.0 Å². The smallest absolute Gasteiger partial charge is 0.332 e. The Morgan fingerprint density at radius 1 is 1.45 bits per heavy atom. The molecule has 110 valence electrons. The molecule has 2 atom stereocenters.